The van der Waals surface area contributed by atoms with Crippen LogP contribution in [0.2, 0.25) is 0 Å². The van der Waals surface area contributed by atoms with Crippen LogP contribution in [0.5, 0.6) is 17.2 Å². The third-order valence-corrected chi connectivity index (χ3v) is 4.52. The second-order valence-electron chi connectivity index (χ2n) is 6.63. The van der Waals surface area contributed by atoms with Crippen LogP contribution in [0.3, 0.4) is 0 Å². The quantitative estimate of drug-likeness (QED) is 0.617. The summed E-state index contributed by atoms with van der Waals surface area (Å²) in [7, 11) is 0. The van der Waals surface area contributed by atoms with E-state index < -0.39 is 11.8 Å². The number of ether oxygens (including phenoxy) is 3. The van der Waals surface area contributed by atoms with Gasteiger partial charge in [-0.2, -0.15) is 0 Å². The average molecular weight is 404 g/mol. The Morgan fingerprint density at radius 2 is 1.63 bits per heavy atom. The van der Waals surface area contributed by atoms with E-state index in [1.807, 2.05) is 54.6 Å². The number of hydrazine groups is 1. The van der Waals surface area contributed by atoms with Crippen LogP contribution in [0.1, 0.15) is 21.5 Å². The van der Waals surface area contributed by atoms with Crippen LogP contribution >= 0.6 is 0 Å². The fourth-order valence-electron chi connectivity index (χ4n) is 3.02. The molecule has 152 valence electrons. The van der Waals surface area contributed by atoms with Gasteiger partial charge in [0.05, 0.1) is 0 Å². The van der Waals surface area contributed by atoms with Gasteiger partial charge in [-0.25, -0.2) is 0 Å². The van der Waals surface area contributed by atoms with Gasteiger partial charge in [0.2, 0.25) is 6.79 Å². The van der Waals surface area contributed by atoms with Crippen molar-refractivity contribution in [2.75, 3.05) is 13.4 Å². The minimum atomic E-state index is -0.474. The summed E-state index contributed by atoms with van der Waals surface area (Å²) in [6, 6.07) is 22.3. The Balaban J connectivity index is 1.29. The molecule has 0 radical (unpaired) electrons. The monoisotopic (exact) mass is 404 g/mol. The van der Waals surface area contributed by atoms with Crippen molar-refractivity contribution in [2.45, 2.75) is 6.42 Å². The van der Waals surface area contributed by atoms with Gasteiger partial charge in [0.25, 0.3) is 11.8 Å². The first-order valence-corrected chi connectivity index (χ1v) is 9.42. The first kappa shape index (κ1) is 19.3. The molecule has 0 aliphatic carbocycles. The van der Waals surface area contributed by atoms with Gasteiger partial charge in [-0.3, -0.25) is 20.4 Å². The summed E-state index contributed by atoms with van der Waals surface area (Å²) in [6.45, 7) is -0.104. The Hall–Kier alpha value is -4.00. The maximum Gasteiger partial charge on any atom is 0.276 e. The van der Waals surface area contributed by atoms with Crippen LogP contribution in [-0.2, 0) is 11.2 Å². The van der Waals surface area contributed by atoms with Crippen molar-refractivity contribution < 1.29 is 23.8 Å². The summed E-state index contributed by atoms with van der Waals surface area (Å²) in [5.41, 5.74) is 7.18. The van der Waals surface area contributed by atoms with E-state index in [0.717, 1.165) is 11.1 Å². The van der Waals surface area contributed by atoms with Crippen LogP contribution in [0.15, 0.2) is 72.8 Å². The second kappa shape index (κ2) is 9.00. The lowest BCUT2D eigenvalue weighted by Gasteiger charge is -2.12. The standard InChI is InChI=1S/C23H20N2O5/c26-22(24-25-23(27)18-10-11-20-21(13-18)30-15-29-20)14-28-19-9-5-4-8-17(19)12-16-6-2-1-3-7-16/h1-11,13H,12,14-15H2,(H,24,26)(H,25,27). The molecule has 1 heterocycles. The highest BCUT2D eigenvalue weighted by Gasteiger charge is 2.16. The molecule has 0 saturated heterocycles. The predicted octanol–water partition coefficient (Wildman–Crippen LogP) is 2.85. The van der Waals surface area contributed by atoms with Crippen LogP contribution in [0.4, 0.5) is 0 Å². The topological polar surface area (TPSA) is 85.9 Å². The van der Waals surface area contributed by atoms with Crippen molar-refractivity contribution >= 4 is 11.8 Å². The molecule has 3 aromatic rings. The van der Waals surface area contributed by atoms with Gasteiger partial charge in [0.15, 0.2) is 18.1 Å². The van der Waals surface area contributed by atoms with Crippen LogP contribution in [-0.4, -0.2) is 25.2 Å². The number of carbonyl (C=O) groups excluding carboxylic acids is 2. The van der Waals surface area contributed by atoms with E-state index in [0.29, 0.717) is 29.2 Å². The zero-order valence-corrected chi connectivity index (χ0v) is 16.1. The second-order valence-corrected chi connectivity index (χ2v) is 6.63. The van der Waals surface area contributed by atoms with Gasteiger partial charge in [-0.15, -0.1) is 0 Å². The number of hydrogen-bond donors (Lipinski definition) is 2. The van der Waals surface area contributed by atoms with Gasteiger partial charge in [-0.05, 0) is 35.4 Å². The molecule has 0 saturated carbocycles. The van der Waals surface area contributed by atoms with Crippen LogP contribution in [0.25, 0.3) is 0 Å². The summed E-state index contributed by atoms with van der Waals surface area (Å²) >= 11 is 0. The predicted molar refractivity (Wildman–Crippen MR) is 109 cm³/mol. The van der Waals surface area contributed by atoms with E-state index in [4.69, 9.17) is 14.2 Å². The summed E-state index contributed by atoms with van der Waals surface area (Å²) in [6.07, 6.45) is 0.694. The molecule has 0 aromatic heterocycles. The summed E-state index contributed by atoms with van der Waals surface area (Å²) in [4.78, 5) is 24.3. The molecule has 1 aliphatic rings. The summed E-state index contributed by atoms with van der Waals surface area (Å²) < 4.78 is 16.1. The van der Waals surface area contributed by atoms with Crippen molar-refractivity contribution in [2.24, 2.45) is 0 Å². The Labute approximate surface area is 173 Å². The molecule has 1 aliphatic heterocycles. The van der Waals surface area contributed by atoms with E-state index in [-0.39, 0.29) is 13.4 Å². The maximum atomic E-state index is 12.2. The largest absolute Gasteiger partial charge is 0.483 e. The molecule has 0 fully saturated rings. The van der Waals surface area contributed by atoms with Crippen molar-refractivity contribution in [3.63, 3.8) is 0 Å². The molecule has 2 amide bonds. The Kier molecular flexibility index (Phi) is 5.80. The van der Waals surface area contributed by atoms with Gasteiger partial charge in [0, 0.05) is 12.0 Å². The first-order chi connectivity index (χ1) is 14.7. The molecule has 0 atom stereocenters. The lowest BCUT2D eigenvalue weighted by molar-refractivity contribution is -0.123. The Bertz CT molecular complexity index is 1050. The highest BCUT2D eigenvalue weighted by atomic mass is 16.7. The lowest BCUT2D eigenvalue weighted by atomic mass is 10.0. The molecule has 0 unspecified atom stereocenters. The van der Waals surface area contributed by atoms with E-state index in [1.54, 1.807) is 18.2 Å². The number of hydrogen-bond acceptors (Lipinski definition) is 5. The minimum Gasteiger partial charge on any atom is -0.483 e. The Morgan fingerprint density at radius 1 is 0.867 bits per heavy atom. The third-order valence-electron chi connectivity index (χ3n) is 4.52. The lowest BCUT2D eigenvalue weighted by Crippen LogP contribution is -2.43. The SMILES string of the molecule is O=C(COc1ccccc1Cc1ccccc1)NNC(=O)c1ccc2c(c1)OCO2. The number of amides is 2. The van der Waals surface area contributed by atoms with Gasteiger partial charge in [-0.1, -0.05) is 48.5 Å². The number of nitrogens with one attached hydrogen (secondary N) is 2. The summed E-state index contributed by atoms with van der Waals surface area (Å²) in [5.74, 6) is 0.758. The molecule has 3 aromatic carbocycles. The van der Waals surface area contributed by atoms with Crippen molar-refractivity contribution in [1.82, 2.24) is 10.9 Å². The molecule has 0 bridgehead atoms. The van der Waals surface area contributed by atoms with Crippen molar-refractivity contribution in [1.29, 1.82) is 0 Å². The zero-order valence-electron chi connectivity index (χ0n) is 16.1. The highest BCUT2D eigenvalue weighted by Crippen LogP contribution is 2.32. The molecule has 4 rings (SSSR count). The number of rotatable bonds is 6. The van der Waals surface area contributed by atoms with Gasteiger partial charge >= 0.3 is 0 Å². The van der Waals surface area contributed by atoms with E-state index >= 15 is 0 Å². The van der Waals surface area contributed by atoms with Crippen molar-refractivity contribution in [3.05, 3.63) is 89.5 Å². The number of para-hydroxylation sites is 1. The zero-order chi connectivity index (χ0) is 20.8. The first-order valence-electron chi connectivity index (χ1n) is 9.42. The maximum absolute atomic E-state index is 12.2. The van der Waals surface area contributed by atoms with Crippen LogP contribution < -0.4 is 25.1 Å². The molecule has 7 heteroatoms. The molecule has 0 spiro atoms. The average Bonchev–Trinajstić information content (AvgIpc) is 3.25. The van der Waals surface area contributed by atoms with E-state index in [9.17, 15) is 9.59 Å². The minimum absolute atomic E-state index is 0.125. The normalized spacial score (nSPS) is 11.6. The summed E-state index contributed by atoms with van der Waals surface area (Å²) in [5, 5.41) is 0. The van der Waals surface area contributed by atoms with E-state index in [2.05, 4.69) is 10.9 Å². The molecule has 30 heavy (non-hydrogen) atoms. The van der Waals surface area contributed by atoms with Crippen LogP contribution in [0, 0.1) is 0 Å². The molecule has 2 N–H and O–H groups in total. The molecular weight excluding hydrogens is 384 g/mol. The fraction of sp³-hybridized carbons (Fsp3) is 0.130. The Morgan fingerprint density at radius 3 is 2.50 bits per heavy atom. The number of benzene rings is 3. The third kappa shape index (κ3) is 4.70. The highest BCUT2D eigenvalue weighted by molar-refractivity contribution is 5.96. The van der Waals surface area contributed by atoms with Crippen molar-refractivity contribution in [3.8, 4) is 17.2 Å². The smallest absolute Gasteiger partial charge is 0.276 e. The van der Waals surface area contributed by atoms with Gasteiger partial charge in [0.1, 0.15) is 5.75 Å². The fourth-order valence-corrected chi connectivity index (χ4v) is 3.02. The molecular formula is C23H20N2O5. The number of fused-ring (bicyclic) bond motifs is 1. The number of carbonyl (C=O) groups is 2. The van der Waals surface area contributed by atoms with E-state index in [1.165, 1.54) is 0 Å². The molecule has 7 nitrogen and oxygen atoms in total. The van der Waals surface area contributed by atoms with Gasteiger partial charge < -0.3 is 14.2 Å².